The molecule has 1 aromatic rings. The monoisotopic (exact) mass is 334 g/mol. The highest BCUT2D eigenvalue weighted by molar-refractivity contribution is 5.78. The van der Waals surface area contributed by atoms with Crippen molar-refractivity contribution in [2.45, 2.75) is 51.3 Å². The summed E-state index contributed by atoms with van der Waals surface area (Å²) in [5.74, 6) is 1.52. The van der Waals surface area contributed by atoms with Gasteiger partial charge in [0, 0.05) is 25.1 Å². The minimum atomic E-state index is -0.0633. The van der Waals surface area contributed by atoms with E-state index < -0.39 is 0 Å². The number of hydrogen-bond acceptors (Lipinski definition) is 5. The lowest BCUT2D eigenvalue weighted by Crippen LogP contribution is -2.46. The highest BCUT2D eigenvalue weighted by atomic mass is 16.7. The fourth-order valence-corrected chi connectivity index (χ4v) is 3.28. The number of ether oxygens (including phenoxy) is 3. The summed E-state index contributed by atoms with van der Waals surface area (Å²) in [4.78, 5) is 12.4. The SMILES string of the molecule is CCCO[C@@H]1CC[C@H](C(=O)NCc2ccc3c(c2)OCO3)C[C@H]1N. The highest BCUT2D eigenvalue weighted by Crippen LogP contribution is 2.32. The Hall–Kier alpha value is -1.79. The lowest BCUT2D eigenvalue weighted by atomic mass is 9.83. The molecule has 3 atom stereocenters. The topological polar surface area (TPSA) is 82.8 Å². The van der Waals surface area contributed by atoms with Crippen molar-refractivity contribution in [1.82, 2.24) is 5.32 Å². The fraction of sp³-hybridized carbons (Fsp3) is 0.611. The van der Waals surface area contributed by atoms with Gasteiger partial charge in [-0.25, -0.2) is 0 Å². The first-order chi connectivity index (χ1) is 11.7. The number of rotatable bonds is 6. The Morgan fingerprint density at radius 3 is 2.96 bits per heavy atom. The van der Waals surface area contributed by atoms with Crippen LogP contribution in [0.2, 0.25) is 0 Å². The molecule has 1 aliphatic heterocycles. The van der Waals surface area contributed by atoms with Gasteiger partial charge in [0.25, 0.3) is 0 Å². The molecule has 1 amide bonds. The van der Waals surface area contributed by atoms with E-state index in [1.54, 1.807) is 0 Å². The summed E-state index contributed by atoms with van der Waals surface area (Å²) in [5, 5.41) is 3.01. The maximum Gasteiger partial charge on any atom is 0.231 e. The number of amides is 1. The molecule has 1 aromatic carbocycles. The standard InChI is InChI=1S/C18H26N2O4/c1-2-7-22-15-6-4-13(9-14(15)19)18(21)20-10-12-3-5-16-17(8-12)24-11-23-16/h3,5,8,13-15H,2,4,6-7,9-11,19H2,1H3,(H,20,21)/t13-,14+,15+/m0/s1. The minimum Gasteiger partial charge on any atom is -0.454 e. The van der Waals surface area contributed by atoms with Gasteiger partial charge in [0.1, 0.15) is 0 Å². The molecule has 1 saturated carbocycles. The first-order valence-corrected chi connectivity index (χ1v) is 8.70. The Labute approximate surface area is 142 Å². The Morgan fingerprint density at radius 2 is 2.17 bits per heavy atom. The van der Waals surface area contributed by atoms with Crippen molar-refractivity contribution in [3.63, 3.8) is 0 Å². The lowest BCUT2D eigenvalue weighted by Gasteiger charge is -2.33. The van der Waals surface area contributed by atoms with Gasteiger partial charge in [0.15, 0.2) is 11.5 Å². The third-order valence-electron chi connectivity index (χ3n) is 4.64. The van der Waals surface area contributed by atoms with Gasteiger partial charge in [-0.05, 0) is 43.4 Å². The predicted octanol–water partition coefficient (Wildman–Crippen LogP) is 1.95. The molecule has 0 aromatic heterocycles. The van der Waals surface area contributed by atoms with E-state index in [2.05, 4.69) is 12.2 Å². The Bertz CT molecular complexity index is 578. The molecule has 3 N–H and O–H groups in total. The van der Waals surface area contributed by atoms with Gasteiger partial charge in [-0.1, -0.05) is 13.0 Å². The summed E-state index contributed by atoms with van der Waals surface area (Å²) in [6, 6.07) is 5.65. The quantitative estimate of drug-likeness (QED) is 0.831. The van der Waals surface area contributed by atoms with Gasteiger partial charge < -0.3 is 25.3 Å². The molecule has 132 valence electrons. The molecular weight excluding hydrogens is 308 g/mol. The van der Waals surface area contributed by atoms with Crippen molar-refractivity contribution >= 4 is 5.91 Å². The van der Waals surface area contributed by atoms with Gasteiger partial charge in [-0.2, -0.15) is 0 Å². The summed E-state index contributed by atoms with van der Waals surface area (Å²) in [6.45, 7) is 3.56. The van der Waals surface area contributed by atoms with Crippen LogP contribution in [0.15, 0.2) is 18.2 Å². The average molecular weight is 334 g/mol. The van der Waals surface area contributed by atoms with Gasteiger partial charge >= 0.3 is 0 Å². The first-order valence-electron chi connectivity index (χ1n) is 8.70. The van der Waals surface area contributed by atoms with Crippen LogP contribution in [0.25, 0.3) is 0 Å². The van der Waals surface area contributed by atoms with E-state index in [1.807, 2.05) is 18.2 Å². The maximum atomic E-state index is 12.4. The van der Waals surface area contributed by atoms with E-state index in [1.165, 1.54) is 0 Å². The van der Waals surface area contributed by atoms with Gasteiger partial charge in [-0.15, -0.1) is 0 Å². The molecule has 1 heterocycles. The molecule has 6 nitrogen and oxygen atoms in total. The number of benzene rings is 1. The van der Waals surface area contributed by atoms with Crippen LogP contribution in [0, 0.1) is 5.92 Å². The molecule has 24 heavy (non-hydrogen) atoms. The van der Waals surface area contributed by atoms with Crippen LogP contribution < -0.4 is 20.5 Å². The molecule has 0 saturated heterocycles. The van der Waals surface area contributed by atoms with E-state index in [4.69, 9.17) is 19.9 Å². The van der Waals surface area contributed by atoms with Crippen LogP contribution in [0.5, 0.6) is 11.5 Å². The zero-order valence-corrected chi connectivity index (χ0v) is 14.1. The molecule has 3 rings (SSSR count). The zero-order chi connectivity index (χ0) is 16.9. The lowest BCUT2D eigenvalue weighted by molar-refractivity contribution is -0.127. The Kier molecular flexibility index (Phi) is 5.58. The van der Waals surface area contributed by atoms with Crippen molar-refractivity contribution in [3.8, 4) is 11.5 Å². The third-order valence-corrected chi connectivity index (χ3v) is 4.64. The summed E-state index contributed by atoms with van der Waals surface area (Å²) in [5.41, 5.74) is 7.18. The van der Waals surface area contributed by atoms with Crippen LogP contribution in [0.1, 0.15) is 38.2 Å². The Balaban J connectivity index is 1.47. The van der Waals surface area contributed by atoms with Crippen molar-refractivity contribution in [3.05, 3.63) is 23.8 Å². The summed E-state index contributed by atoms with van der Waals surface area (Å²) >= 11 is 0. The number of hydrogen-bond donors (Lipinski definition) is 2. The van der Waals surface area contributed by atoms with E-state index in [0.717, 1.165) is 42.9 Å². The molecule has 6 heteroatoms. The number of nitrogens with two attached hydrogens (primary N) is 1. The summed E-state index contributed by atoms with van der Waals surface area (Å²) in [6.07, 6.45) is 3.44. The fourth-order valence-electron chi connectivity index (χ4n) is 3.28. The van der Waals surface area contributed by atoms with Gasteiger partial charge in [0.05, 0.1) is 6.10 Å². The largest absolute Gasteiger partial charge is 0.454 e. The average Bonchev–Trinajstić information content (AvgIpc) is 3.06. The highest BCUT2D eigenvalue weighted by Gasteiger charge is 2.32. The summed E-state index contributed by atoms with van der Waals surface area (Å²) < 4.78 is 16.4. The maximum absolute atomic E-state index is 12.4. The third kappa shape index (κ3) is 3.99. The van der Waals surface area contributed by atoms with Crippen molar-refractivity contribution in [2.75, 3.05) is 13.4 Å². The smallest absolute Gasteiger partial charge is 0.231 e. The van der Waals surface area contributed by atoms with Crippen LogP contribution in [0.4, 0.5) is 0 Å². The van der Waals surface area contributed by atoms with E-state index in [0.29, 0.717) is 13.0 Å². The second-order valence-electron chi connectivity index (χ2n) is 6.49. The van der Waals surface area contributed by atoms with Crippen molar-refractivity contribution in [2.24, 2.45) is 11.7 Å². The van der Waals surface area contributed by atoms with Gasteiger partial charge in [0.2, 0.25) is 12.7 Å². The zero-order valence-electron chi connectivity index (χ0n) is 14.1. The number of carbonyl (C=O) groups is 1. The molecule has 0 bridgehead atoms. The van der Waals surface area contributed by atoms with Crippen LogP contribution in [0.3, 0.4) is 0 Å². The van der Waals surface area contributed by atoms with Crippen LogP contribution in [-0.4, -0.2) is 31.5 Å². The molecule has 1 fully saturated rings. The first kappa shape index (κ1) is 17.0. The molecule has 2 aliphatic rings. The van der Waals surface area contributed by atoms with Crippen LogP contribution in [-0.2, 0) is 16.1 Å². The predicted molar refractivity (Wildman–Crippen MR) is 89.8 cm³/mol. The van der Waals surface area contributed by atoms with Crippen molar-refractivity contribution in [1.29, 1.82) is 0 Å². The normalized spacial score (nSPS) is 25.5. The van der Waals surface area contributed by atoms with Gasteiger partial charge in [-0.3, -0.25) is 4.79 Å². The van der Waals surface area contributed by atoms with E-state index >= 15 is 0 Å². The second kappa shape index (κ2) is 7.85. The number of fused-ring (bicyclic) bond motifs is 1. The molecule has 0 radical (unpaired) electrons. The van der Waals surface area contributed by atoms with Crippen LogP contribution >= 0.6 is 0 Å². The minimum absolute atomic E-state index is 0.0320. The number of carbonyl (C=O) groups excluding carboxylic acids is 1. The van der Waals surface area contributed by atoms with E-state index in [9.17, 15) is 4.79 Å². The summed E-state index contributed by atoms with van der Waals surface area (Å²) in [7, 11) is 0. The molecule has 1 aliphatic carbocycles. The van der Waals surface area contributed by atoms with Crippen molar-refractivity contribution < 1.29 is 19.0 Å². The van der Waals surface area contributed by atoms with E-state index in [-0.39, 0.29) is 30.8 Å². The Morgan fingerprint density at radius 1 is 1.33 bits per heavy atom. The number of nitrogens with one attached hydrogen (secondary N) is 1. The molecule has 0 unspecified atom stereocenters. The second-order valence-corrected chi connectivity index (χ2v) is 6.49. The molecule has 0 spiro atoms. The molecular formula is C18H26N2O4.